The molecule has 1 fully saturated rings. The van der Waals surface area contributed by atoms with Gasteiger partial charge in [-0.25, -0.2) is 17.5 Å². The number of carbonyl (C=O) groups excluding carboxylic acids is 1. The van der Waals surface area contributed by atoms with Gasteiger partial charge in [-0.2, -0.15) is 4.31 Å². The Bertz CT molecular complexity index is 911. The number of halogens is 1. The Morgan fingerprint density at radius 3 is 2.67 bits per heavy atom. The normalized spacial score (nSPS) is 18.6. The Morgan fingerprint density at radius 1 is 1.30 bits per heavy atom. The van der Waals surface area contributed by atoms with Gasteiger partial charge in [0.25, 0.3) is 5.91 Å². The fourth-order valence-corrected chi connectivity index (χ4v) is 4.52. The molecular formula is C17H22FN5O3S. The largest absolute Gasteiger partial charge is 0.348 e. The fraction of sp³-hybridized carbons (Fsp3) is 0.471. The first-order valence-electron chi connectivity index (χ1n) is 8.76. The van der Waals surface area contributed by atoms with Crippen molar-refractivity contribution < 1.29 is 17.6 Å². The van der Waals surface area contributed by atoms with Gasteiger partial charge >= 0.3 is 0 Å². The van der Waals surface area contributed by atoms with Crippen molar-refractivity contribution in [2.75, 3.05) is 13.1 Å². The fourth-order valence-electron chi connectivity index (χ4n) is 3.01. The number of hydrogen-bond acceptors (Lipinski definition) is 5. The lowest BCUT2D eigenvalue weighted by molar-refractivity contribution is 0.0938. The topological polar surface area (TPSA) is 97.2 Å². The number of rotatable bonds is 5. The van der Waals surface area contributed by atoms with E-state index in [1.807, 2.05) is 13.8 Å². The second-order valence-electron chi connectivity index (χ2n) is 6.82. The number of amides is 1. The van der Waals surface area contributed by atoms with E-state index in [9.17, 15) is 17.6 Å². The lowest BCUT2D eigenvalue weighted by atomic mass is 10.1. The molecule has 10 heteroatoms. The van der Waals surface area contributed by atoms with Gasteiger partial charge in [0.05, 0.1) is 17.1 Å². The molecule has 0 unspecified atom stereocenters. The summed E-state index contributed by atoms with van der Waals surface area (Å²) in [4.78, 5) is 12.1. The average molecular weight is 395 g/mol. The molecule has 1 N–H and O–H groups in total. The summed E-state index contributed by atoms with van der Waals surface area (Å²) in [7, 11) is -3.72. The summed E-state index contributed by atoms with van der Waals surface area (Å²) in [6, 6.07) is 4.54. The van der Waals surface area contributed by atoms with Crippen molar-refractivity contribution in [3.63, 3.8) is 0 Å². The van der Waals surface area contributed by atoms with Gasteiger partial charge in [0.15, 0.2) is 5.69 Å². The van der Waals surface area contributed by atoms with Crippen LogP contribution in [-0.4, -0.2) is 52.8 Å². The number of aromatic nitrogens is 3. The third-order valence-electron chi connectivity index (χ3n) is 4.35. The molecule has 1 aliphatic heterocycles. The van der Waals surface area contributed by atoms with Crippen LogP contribution in [0.15, 0.2) is 35.4 Å². The highest BCUT2D eigenvalue weighted by Gasteiger charge is 2.31. The van der Waals surface area contributed by atoms with Gasteiger partial charge in [0, 0.05) is 19.1 Å². The summed E-state index contributed by atoms with van der Waals surface area (Å²) in [5, 5.41) is 10.6. The van der Waals surface area contributed by atoms with Crippen molar-refractivity contribution in [1.82, 2.24) is 24.6 Å². The van der Waals surface area contributed by atoms with Crippen molar-refractivity contribution in [3.8, 4) is 0 Å². The van der Waals surface area contributed by atoms with E-state index < -0.39 is 15.8 Å². The van der Waals surface area contributed by atoms with E-state index in [4.69, 9.17) is 0 Å². The van der Waals surface area contributed by atoms with Crippen molar-refractivity contribution in [1.29, 1.82) is 0 Å². The SMILES string of the molecule is CC(C)NC(=O)c1cn([C@H]2CCCN(S(=O)(=O)c3ccc(F)cc3)C2)nn1. The van der Waals surface area contributed by atoms with E-state index in [1.165, 1.54) is 22.6 Å². The number of nitrogens with one attached hydrogen (secondary N) is 1. The summed E-state index contributed by atoms with van der Waals surface area (Å²) in [6.07, 6.45) is 2.92. The minimum atomic E-state index is -3.72. The van der Waals surface area contributed by atoms with Gasteiger partial charge in [-0.15, -0.1) is 5.10 Å². The molecule has 1 aromatic carbocycles. The quantitative estimate of drug-likeness (QED) is 0.829. The highest BCUT2D eigenvalue weighted by atomic mass is 32.2. The number of benzene rings is 1. The van der Waals surface area contributed by atoms with Crippen LogP contribution in [0, 0.1) is 5.82 Å². The molecular weight excluding hydrogens is 373 g/mol. The van der Waals surface area contributed by atoms with Crippen LogP contribution < -0.4 is 5.32 Å². The molecule has 0 aliphatic carbocycles. The summed E-state index contributed by atoms with van der Waals surface area (Å²) in [5.74, 6) is -0.803. The van der Waals surface area contributed by atoms with Gasteiger partial charge in [-0.3, -0.25) is 4.79 Å². The molecule has 27 heavy (non-hydrogen) atoms. The molecule has 1 atom stereocenters. The highest BCUT2D eigenvalue weighted by molar-refractivity contribution is 7.89. The van der Waals surface area contributed by atoms with Crippen LogP contribution in [0.3, 0.4) is 0 Å². The van der Waals surface area contributed by atoms with Crippen LogP contribution in [0.5, 0.6) is 0 Å². The highest BCUT2D eigenvalue weighted by Crippen LogP contribution is 2.26. The monoisotopic (exact) mass is 395 g/mol. The zero-order chi connectivity index (χ0) is 19.6. The molecule has 0 radical (unpaired) electrons. The Morgan fingerprint density at radius 2 is 2.00 bits per heavy atom. The maximum atomic E-state index is 13.1. The Labute approximate surface area is 157 Å². The van der Waals surface area contributed by atoms with Crippen LogP contribution in [0.4, 0.5) is 4.39 Å². The van der Waals surface area contributed by atoms with E-state index >= 15 is 0 Å². The van der Waals surface area contributed by atoms with Crippen molar-refractivity contribution in [3.05, 3.63) is 42.0 Å². The molecule has 0 bridgehead atoms. The standard InChI is InChI=1S/C17H22FN5O3S/c1-12(2)19-17(24)16-11-23(21-20-16)14-4-3-9-22(10-14)27(25,26)15-7-5-13(18)6-8-15/h5-8,11-12,14H,3-4,9-10H2,1-2H3,(H,19,24)/t14-/m0/s1. The van der Waals surface area contributed by atoms with Crippen LogP contribution in [0.2, 0.25) is 0 Å². The van der Waals surface area contributed by atoms with E-state index in [0.29, 0.717) is 13.0 Å². The first-order chi connectivity index (χ1) is 12.8. The molecule has 146 valence electrons. The van der Waals surface area contributed by atoms with Crippen LogP contribution in [0.25, 0.3) is 0 Å². The van der Waals surface area contributed by atoms with E-state index in [0.717, 1.165) is 18.6 Å². The molecule has 0 saturated carbocycles. The lowest BCUT2D eigenvalue weighted by Crippen LogP contribution is -2.40. The lowest BCUT2D eigenvalue weighted by Gasteiger charge is -2.31. The van der Waals surface area contributed by atoms with Crippen LogP contribution in [-0.2, 0) is 10.0 Å². The van der Waals surface area contributed by atoms with Crippen molar-refractivity contribution in [2.45, 2.75) is 43.7 Å². The minimum Gasteiger partial charge on any atom is -0.348 e. The number of carbonyl (C=O) groups is 1. The van der Waals surface area contributed by atoms with E-state index in [2.05, 4.69) is 15.6 Å². The first-order valence-corrected chi connectivity index (χ1v) is 10.2. The van der Waals surface area contributed by atoms with E-state index in [-0.39, 0.29) is 35.1 Å². The predicted molar refractivity (Wildman–Crippen MR) is 96.1 cm³/mol. The summed E-state index contributed by atoms with van der Waals surface area (Å²) in [5.41, 5.74) is 0.196. The molecule has 2 heterocycles. The number of hydrogen-bond donors (Lipinski definition) is 1. The second-order valence-corrected chi connectivity index (χ2v) is 8.76. The first kappa shape index (κ1) is 19.4. The second kappa shape index (κ2) is 7.73. The average Bonchev–Trinajstić information content (AvgIpc) is 3.12. The molecule has 1 saturated heterocycles. The molecule has 0 spiro atoms. The molecule has 1 aliphatic rings. The number of piperidine rings is 1. The summed E-state index contributed by atoms with van der Waals surface area (Å²) in [6.45, 7) is 4.29. The maximum absolute atomic E-state index is 13.1. The van der Waals surface area contributed by atoms with Crippen LogP contribution in [0.1, 0.15) is 43.2 Å². The molecule has 1 amide bonds. The van der Waals surface area contributed by atoms with Gasteiger partial charge in [-0.1, -0.05) is 5.21 Å². The van der Waals surface area contributed by atoms with Gasteiger partial charge in [0.1, 0.15) is 5.82 Å². The zero-order valence-electron chi connectivity index (χ0n) is 15.2. The van der Waals surface area contributed by atoms with Gasteiger partial charge in [0.2, 0.25) is 10.0 Å². The molecule has 1 aromatic heterocycles. The van der Waals surface area contributed by atoms with Crippen LogP contribution >= 0.6 is 0 Å². The van der Waals surface area contributed by atoms with E-state index in [1.54, 1.807) is 4.68 Å². The molecule has 2 aromatic rings. The summed E-state index contributed by atoms with van der Waals surface area (Å²) < 4.78 is 41.6. The maximum Gasteiger partial charge on any atom is 0.273 e. The number of sulfonamides is 1. The van der Waals surface area contributed by atoms with Gasteiger partial charge < -0.3 is 5.32 Å². The Hall–Kier alpha value is -2.33. The Kier molecular flexibility index (Phi) is 5.56. The third-order valence-corrected chi connectivity index (χ3v) is 6.23. The van der Waals surface area contributed by atoms with Crippen molar-refractivity contribution >= 4 is 15.9 Å². The smallest absolute Gasteiger partial charge is 0.273 e. The minimum absolute atomic E-state index is 0.0197. The Balaban J connectivity index is 1.75. The van der Waals surface area contributed by atoms with Gasteiger partial charge in [-0.05, 0) is 51.0 Å². The number of nitrogens with zero attached hydrogens (tertiary/aromatic N) is 4. The van der Waals surface area contributed by atoms with Crippen molar-refractivity contribution in [2.24, 2.45) is 0 Å². The third kappa shape index (κ3) is 4.33. The zero-order valence-corrected chi connectivity index (χ0v) is 16.0. The summed E-state index contributed by atoms with van der Waals surface area (Å²) >= 11 is 0. The molecule has 8 nitrogen and oxygen atoms in total. The molecule has 3 rings (SSSR count). The predicted octanol–water partition coefficient (Wildman–Crippen LogP) is 1.58.